The van der Waals surface area contributed by atoms with E-state index in [1.54, 1.807) is 25.7 Å². The van der Waals surface area contributed by atoms with Gasteiger partial charge in [0.05, 0.1) is 46.8 Å². The number of esters is 1. The van der Waals surface area contributed by atoms with Gasteiger partial charge in [0.1, 0.15) is 11.9 Å². The summed E-state index contributed by atoms with van der Waals surface area (Å²) in [5, 5.41) is 24.6. The minimum atomic E-state index is -1.26. The Labute approximate surface area is 217 Å². The molecule has 2 unspecified atom stereocenters. The lowest BCUT2D eigenvalue weighted by molar-refractivity contribution is -0.154. The SMILES string of the molecule is CC(=Cc1csc(C)n1)[C@@H]1C[C@H]2C(CCCC(C)[C@H](O)[C@@H](C)C(=O)C(C)(C)[C@@H](O)CC(=O)O1)N2C=O. The average molecular weight is 521 g/mol. The van der Waals surface area contributed by atoms with E-state index in [1.807, 2.05) is 32.2 Å². The summed E-state index contributed by atoms with van der Waals surface area (Å²) in [6.07, 6.45) is 2.43. The quantitative estimate of drug-likeness (QED) is 0.356. The number of aromatic nitrogens is 1. The zero-order chi connectivity index (χ0) is 26.8. The number of carbonyl (C=O) groups is 3. The molecule has 2 saturated heterocycles. The predicted octanol–water partition coefficient (Wildman–Crippen LogP) is 3.53. The van der Waals surface area contributed by atoms with Crippen LogP contribution in [-0.4, -0.2) is 68.7 Å². The maximum atomic E-state index is 13.2. The molecule has 1 aromatic rings. The first kappa shape index (κ1) is 28.5. The van der Waals surface area contributed by atoms with E-state index in [9.17, 15) is 24.6 Å². The maximum absolute atomic E-state index is 13.2. The van der Waals surface area contributed by atoms with E-state index in [0.717, 1.165) is 41.9 Å². The average Bonchev–Trinajstić information content (AvgIpc) is 3.32. The summed E-state index contributed by atoms with van der Waals surface area (Å²) in [5.41, 5.74) is 0.359. The van der Waals surface area contributed by atoms with Gasteiger partial charge in [-0.2, -0.15) is 0 Å². The number of aliphatic hydroxyl groups is 2. The third kappa shape index (κ3) is 6.42. The van der Waals surface area contributed by atoms with Crippen LogP contribution >= 0.6 is 11.3 Å². The smallest absolute Gasteiger partial charge is 0.309 e. The fourth-order valence-corrected chi connectivity index (χ4v) is 5.86. The number of hydrogen-bond donors (Lipinski definition) is 2. The Morgan fingerprint density at radius 3 is 2.53 bits per heavy atom. The molecule has 8 nitrogen and oxygen atoms in total. The lowest BCUT2D eigenvalue weighted by Gasteiger charge is -2.34. The van der Waals surface area contributed by atoms with Crippen molar-refractivity contribution in [1.82, 2.24) is 9.88 Å². The predicted molar refractivity (Wildman–Crippen MR) is 138 cm³/mol. The molecule has 3 heterocycles. The summed E-state index contributed by atoms with van der Waals surface area (Å²) in [4.78, 5) is 44.1. The molecule has 0 aromatic carbocycles. The minimum absolute atomic E-state index is 0.0455. The van der Waals surface area contributed by atoms with Crippen LogP contribution < -0.4 is 0 Å². The molecule has 0 bridgehead atoms. The number of cyclic esters (lactones) is 1. The first-order valence-corrected chi connectivity index (χ1v) is 13.7. The van der Waals surface area contributed by atoms with Crippen LogP contribution in [0.1, 0.15) is 77.4 Å². The summed E-state index contributed by atoms with van der Waals surface area (Å²) in [6.45, 7) is 10.6. The van der Waals surface area contributed by atoms with Crippen molar-refractivity contribution in [2.24, 2.45) is 17.3 Å². The van der Waals surface area contributed by atoms with Gasteiger partial charge in [-0.3, -0.25) is 14.4 Å². The number of amides is 1. The molecule has 7 atom stereocenters. The van der Waals surface area contributed by atoms with Crippen molar-refractivity contribution in [2.45, 2.75) is 104 Å². The summed E-state index contributed by atoms with van der Waals surface area (Å²) >= 11 is 1.53. The van der Waals surface area contributed by atoms with Crippen molar-refractivity contribution in [3.05, 3.63) is 21.7 Å². The largest absolute Gasteiger partial charge is 0.458 e. The van der Waals surface area contributed by atoms with Crippen molar-refractivity contribution >= 4 is 35.6 Å². The third-order valence-corrected chi connectivity index (χ3v) is 8.78. The van der Waals surface area contributed by atoms with Crippen molar-refractivity contribution in [3.8, 4) is 0 Å². The number of ketones is 1. The highest BCUT2D eigenvalue weighted by atomic mass is 32.1. The van der Waals surface area contributed by atoms with Gasteiger partial charge in [0.15, 0.2) is 0 Å². The number of fused-ring (bicyclic) bond motifs is 1. The molecule has 3 rings (SSSR count). The highest BCUT2D eigenvalue weighted by Gasteiger charge is 2.48. The van der Waals surface area contributed by atoms with Gasteiger partial charge in [-0.15, -0.1) is 11.3 Å². The fraction of sp³-hybridized carbons (Fsp3) is 0.704. The number of aliphatic hydroxyl groups excluding tert-OH is 2. The van der Waals surface area contributed by atoms with Crippen molar-refractivity contribution in [2.75, 3.05) is 0 Å². The molecular weight excluding hydrogens is 480 g/mol. The Kier molecular flexibility index (Phi) is 9.11. The monoisotopic (exact) mass is 520 g/mol. The number of carbonyl (C=O) groups excluding carboxylic acids is 3. The molecule has 2 N–H and O–H groups in total. The molecule has 1 aromatic heterocycles. The number of hydrogen-bond acceptors (Lipinski definition) is 8. The van der Waals surface area contributed by atoms with Gasteiger partial charge in [0.2, 0.25) is 6.41 Å². The Hall–Kier alpha value is -2.10. The first-order valence-electron chi connectivity index (χ1n) is 12.8. The van der Waals surface area contributed by atoms with Crippen LogP contribution in [-0.2, 0) is 19.1 Å². The van der Waals surface area contributed by atoms with E-state index >= 15 is 0 Å². The summed E-state index contributed by atoms with van der Waals surface area (Å²) in [7, 11) is 0. The van der Waals surface area contributed by atoms with E-state index in [0.29, 0.717) is 6.42 Å². The summed E-state index contributed by atoms with van der Waals surface area (Å²) < 4.78 is 5.85. The molecule has 0 spiro atoms. The van der Waals surface area contributed by atoms with Gasteiger partial charge in [-0.1, -0.05) is 34.1 Å². The highest BCUT2D eigenvalue weighted by molar-refractivity contribution is 7.09. The van der Waals surface area contributed by atoms with Crippen LogP contribution in [0, 0.1) is 24.2 Å². The second-order valence-corrected chi connectivity index (χ2v) is 12.1. The normalized spacial score (nSPS) is 34.6. The molecule has 0 radical (unpaired) electrons. The first-order chi connectivity index (χ1) is 16.9. The maximum Gasteiger partial charge on any atom is 0.309 e. The topological polar surface area (TPSA) is 117 Å². The molecule has 200 valence electrons. The Balaban J connectivity index is 1.88. The molecule has 2 aliphatic heterocycles. The second kappa shape index (κ2) is 11.5. The van der Waals surface area contributed by atoms with Crippen molar-refractivity contribution in [1.29, 1.82) is 0 Å². The lowest BCUT2D eigenvalue weighted by atomic mass is 9.73. The standard InChI is InChI=1S/C27H40N2O6S/c1-15-8-7-9-20-21(29(20)14-30)11-22(16(2)10-19-13-36-18(4)28-19)35-24(32)12-23(31)27(5,6)26(34)17(3)25(15)33/h10,13-15,17,20-23,25,31,33H,7-9,11-12H2,1-6H3/t15?,17-,20?,21+,22+,23+,25+,29?/m1/s1. The Bertz CT molecular complexity index is 989. The van der Waals surface area contributed by atoms with Crippen LogP contribution in [0.5, 0.6) is 0 Å². The van der Waals surface area contributed by atoms with Gasteiger partial charge >= 0.3 is 5.97 Å². The van der Waals surface area contributed by atoms with Gasteiger partial charge in [-0.25, -0.2) is 4.98 Å². The molecule has 2 fully saturated rings. The van der Waals surface area contributed by atoms with Crippen LogP contribution in [0.15, 0.2) is 11.0 Å². The van der Waals surface area contributed by atoms with E-state index in [-0.39, 0.29) is 30.2 Å². The van der Waals surface area contributed by atoms with Gasteiger partial charge < -0.3 is 19.8 Å². The Morgan fingerprint density at radius 1 is 1.22 bits per heavy atom. The fourth-order valence-electron chi connectivity index (χ4n) is 5.29. The van der Waals surface area contributed by atoms with Crippen molar-refractivity contribution in [3.63, 3.8) is 0 Å². The van der Waals surface area contributed by atoms with E-state index in [1.165, 1.54) is 11.3 Å². The van der Waals surface area contributed by atoms with Crippen LogP contribution in [0.4, 0.5) is 0 Å². The van der Waals surface area contributed by atoms with E-state index in [2.05, 4.69) is 4.98 Å². The van der Waals surface area contributed by atoms with Crippen LogP contribution in [0.2, 0.25) is 0 Å². The highest BCUT2D eigenvalue weighted by Crippen LogP contribution is 2.38. The molecule has 0 saturated carbocycles. The summed E-state index contributed by atoms with van der Waals surface area (Å²) in [5.74, 6) is -1.70. The van der Waals surface area contributed by atoms with E-state index in [4.69, 9.17) is 4.74 Å². The molecule has 2 aliphatic rings. The molecule has 1 amide bonds. The van der Waals surface area contributed by atoms with Gasteiger partial charge in [0, 0.05) is 17.7 Å². The zero-order valence-corrected chi connectivity index (χ0v) is 23.0. The molecule has 9 heteroatoms. The zero-order valence-electron chi connectivity index (χ0n) is 22.1. The van der Waals surface area contributed by atoms with Gasteiger partial charge in [-0.05, 0) is 44.3 Å². The number of rotatable bonds is 3. The van der Waals surface area contributed by atoms with Crippen LogP contribution in [0.3, 0.4) is 0 Å². The van der Waals surface area contributed by atoms with E-state index < -0.39 is 35.6 Å². The third-order valence-electron chi connectivity index (χ3n) is 7.99. The summed E-state index contributed by atoms with van der Waals surface area (Å²) in [6, 6.07) is 0.00895. The number of ether oxygens (including phenoxy) is 1. The molecular formula is C27H40N2O6S. The van der Waals surface area contributed by atoms with Crippen molar-refractivity contribution < 1.29 is 29.3 Å². The number of thiazole rings is 1. The minimum Gasteiger partial charge on any atom is -0.458 e. The number of nitrogens with zero attached hydrogens (tertiary/aromatic N) is 2. The van der Waals surface area contributed by atoms with Gasteiger partial charge in [0.25, 0.3) is 0 Å². The Morgan fingerprint density at radius 2 is 1.92 bits per heavy atom. The van der Waals surface area contributed by atoms with Crippen LogP contribution in [0.25, 0.3) is 6.08 Å². The lowest BCUT2D eigenvalue weighted by Crippen LogP contribution is -2.45. The number of Topliss-reactive ketones (excluding diaryl/α,β-unsaturated/α-hetero) is 1. The second-order valence-electron chi connectivity index (χ2n) is 11.1. The molecule has 0 aliphatic carbocycles. The molecule has 36 heavy (non-hydrogen) atoms. The number of aryl methyl sites for hydroxylation is 1.